The lowest BCUT2D eigenvalue weighted by molar-refractivity contribution is -0.144. The molecule has 6 heteroatoms. The average molecular weight is 232 g/mol. The Bertz CT molecular complexity index is 452. The molecule has 17 heavy (non-hydrogen) atoms. The minimum absolute atomic E-state index is 0.0996. The Balaban J connectivity index is 2.05. The summed E-state index contributed by atoms with van der Waals surface area (Å²) in [6, 6.07) is 5.27. The summed E-state index contributed by atoms with van der Waals surface area (Å²) in [5.74, 6) is 0.405. The normalized spacial score (nSPS) is 18.8. The van der Waals surface area contributed by atoms with Crippen LogP contribution < -0.4 is 4.90 Å². The molecule has 6 nitrogen and oxygen atoms in total. The molecule has 0 saturated carbocycles. The van der Waals surface area contributed by atoms with E-state index in [2.05, 4.69) is 10.2 Å². The highest BCUT2D eigenvalue weighted by atomic mass is 16.5. The first kappa shape index (κ1) is 11.3. The fourth-order valence-electron chi connectivity index (χ4n) is 1.88. The van der Waals surface area contributed by atoms with E-state index in [1.807, 2.05) is 11.0 Å². The predicted molar refractivity (Wildman–Crippen MR) is 59.1 cm³/mol. The van der Waals surface area contributed by atoms with Crippen LogP contribution in [0.2, 0.25) is 0 Å². The molecule has 0 unspecified atom stereocenters. The van der Waals surface area contributed by atoms with E-state index in [4.69, 9.17) is 10.00 Å². The Kier molecular flexibility index (Phi) is 3.19. The van der Waals surface area contributed by atoms with E-state index < -0.39 is 0 Å². The number of anilines is 1. The Hall–Kier alpha value is -2.16. The third kappa shape index (κ3) is 2.33. The Morgan fingerprint density at radius 1 is 1.59 bits per heavy atom. The first-order valence-corrected chi connectivity index (χ1v) is 5.31. The van der Waals surface area contributed by atoms with Crippen LogP contribution in [-0.4, -0.2) is 36.4 Å². The fraction of sp³-hybridized carbons (Fsp3) is 0.455. The fourth-order valence-corrected chi connectivity index (χ4v) is 1.88. The second-order valence-corrected chi connectivity index (χ2v) is 3.84. The van der Waals surface area contributed by atoms with Crippen molar-refractivity contribution in [3.05, 3.63) is 17.8 Å². The van der Waals surface area contributed by atoms with Gasteiger partial charge in [0.15, 0.2) is 11.5 Å². The minimum atomic E-state index is -0.186. The molecule has 0 radical (unpaired) electrons. The molecule has 0 N–H and O–H groups in total. The number of nitrogens with zero attached hydrogens (tertiary/aromatic N) is 4. The van der Waals surface area contributed by atoms with Gasteiger partial charge in [0.25, 0.3) is 0 Å². The second-order valence-electron chi connectivity index (χ2n) is 3.84. The molecule has 1 fully saturated rings. The third-order valence-electron chi connectivity index (χ3n) is 2.81. The number of hydrogen-bond acceptors (Lipinski definition) is 6. The molecule has 2 rings (SSSR count). The summed E-state index contributed by atoms with van der Waals surface area (Å²) in [6.45, 7) is 1.34. The molecule has 0 bridgehead atoms. The standard InChI is InChI=1S/C11H12N4O2/c1-17-11(16)8-4-5-15(7-8)10-3-2-9(6-12)13-14-10/h2-3,8H,4-5,7H2,1H3/t8-/m0/s1. The molecule has 1 aliphatic rings. The number of hydrogen-bond donors (Lipinski definition) is 0. The zero-order valence-corrected chi connectivity index (χ0v) is 9.46. The van der Waals surface area contributed by atoms with E-state index in [0.29, 0.717) is 12.4 Å². The summed E-state index contributed by atoms with van der Waals surface area (Å²) < 4.78 is 4.71. The SMILES string of the molecule is COC(=O)[C@H]1CCN(c2ccc(C#N)nn2)C1. The summed E-state index contributed by atoms with van der Waals surface area (Å²) in [4.78, 5) is 13.3. The molecule has 1 aromatic rings. The van der Waals surface area contributed by atoms with Gasteiger partial charge in [0.2, 0.25) is 0 Å². The molecule has 0 aliphatic carbocycles. The molecule has 1 aliphatic heterocycles. The van der Waals surface area contributed by atoms with Crippen LogP contribution in [0.1, 0.15) is 12.1 Å². The monoisotopic (exact) mass is 232 g/mol. The van der Waals surface area contributed by atoms with Gasteiger partial charge in [0.05, 0.1) is 13.0 Å². The zero-order chi connectivity index (χ0) is 12.3. The van der Waals surface area contributed by atoms with Crippen molar-refractivity contribution >= 4 is 11.8 Å². The van der Waals surface area contributed by atoms with Crippen LogP contribution in [0.4, 0.5) is 5.82 Å². The van der Waals surface area contributed by atoms with E-state index in [1.165, 1.54) is 7.11 Å². The molecule has 1 saturated heterocycles. The van der Waals surface area contributed by atoms with Gasteiger partial charge in [-0.3, -0.25) is 4.79 Å². The van der Waals surface area contributed by atoms with Crippen LogP contribution in [0.5, 0.6) is 0 Å². The average Bonchev–Trinajstić information content (AvgIpc) is 2.87. The molecular weight excluding hydrogens is 220 g/mol. The van der Waals surface area contributed by atoms with Gasteiger partial charge in [0, 0.05) is 13.1 Å². The van der Waals surface area contributed by atoms with Crippen LogP contribution in [0.25, 0.3) is 0 Å². The molecule has 1 atom stereocenters. The van der Waals surface area contributed by atoms with Gasteiger partial charge in [-0.25, -0.2) is 0 Å². The van der Waals surface area contributed by atoms with Crippen molar-refractivity contribution in [1.29, 1.82) is 5.26 Å². The Labute approximate surface area is 98.8 Å². The highest BCUT2D eigenvalue weighted by Crippen LogP contribution is 2.22. The number of carbonyl (C=O) groups excluding carboxylic acids is 1. The Morgan fingerprint density at radius 3 is 3.00 bits per heavy atom. The molecule has 0 aromatic carbocycles. The van der Waals surface area contributed by atoms with Crippen molar-refractivity contribution < 1.29 is 9.53 Å². The maximum Gasteiger partial charge on any atom is 0.310 e. The number of nitriles is 1. The number of carbonyl (C=O) groups is 1. The van der Waals surface area contributed by atoms with Crippen LogP contribution in [0.15, 0.2) is 12.1 Å². The number of methoxy groups -OCH3 is 1. The summed E-state index contributed by atoms with van der Waals surface area (Å²) in [7, 11) is 1.40. The van der Waals surface area contributed by atoms with Gasteiger partial charge in [0.1, 0.15) is 6.07 Å². The summed E-state index contributed by atoms with van der Waals surface area (Å²) in [5.41, 5.74) is 0.289. The van der Waals surface area contributed by atoms with Gasteiger partial charge in [-0.15, -0.1) is 10.2 Å². The summed E-state index contributed by atoms with van der Waals surface area (Å²) in [5, 5.41) is 16.3. The maximum absolute atomic E-state index is 11.4. The first-order chi connectivity index (χ1) is 8.24. The maximum atomic E-state index is 11.4. The van der Waals surface area contributed by atoms with Gasteiger partial charge in [-0.1, -0.05) is 0 Å². The van der Waals surface area contributed by atoms with Crippen LogP contribution in [0, 0.1) is 17.2 Å². The van der Waals surface area contributed by atoms with Gasteiger partial charge in [-0.05, 0) is 18.6 Å². The first-order valence-electron chi connectivity index (χ1n) is 5.31. The topological polar surface area (TPSA) is 79.1 Å². The van der Waals surface area contributed by atoms with Crippen LogP contribution in [0.3, 0.4) is 0 Å². The van der Waals surface area contributed by atoms with Crippen molar-refractivity contribution in [3.63, 3.8) is 0 Å². The highest BCUT2D eigenvalue weighted by molar-refractivity contribution is 5.74. The second kappa shape index (κ2) is 4.78. The van der Waals surface area contributed by atoms with Gasteiger partial charge >= 0.3 is 5.97 Å². The molecular formula is C11H12N4O2. The lowest BCUT2D eigenvalue weighted by atomic mass is 10.1. The largest absolute Gasteiger partial charge is 0.469 e. The molecule has 2 heterocycles. The van der Waals surface area contributed by atoms with Gasteiger partial charge in [-0.2, -0.15) is 5.26 Å². The number of rotatable bonds is 2. The summed E-state index contributed by atoms with van der Waals surface area (Å²) in [6.07, 6.45) is 0.758. The van der Waals surface area contributed by atoms with Crippen molar-refractivity contribution in [2.24, 2.45) is 5.92 Å². The number of aromatic nitrogens is 2. The van der Waals surface area contributed by atoms with E-state index in [-0.39, 0.29) is 17.6 Å². The molecule has 0 amide bonds. The van der Waals surface area contributed by atoms with E-state index in [9.17, 15) is 4.79 Å². The van der Waals surface area contributed by atoms with E-state index >= 15 is 0 Å². The van der Waals surface area contributed by atoms with E-state index in [0.717, 1.165) is 13.0 Å². The van der Waals surface area contributed by atoms with Crippen molar-refractivity contribution in [3.8, 4) is 6.07 Å². The smallest absolute Gasteiger partial charge is 0.310 e. The van der Waals surface area contributed by atoms with Crippen LogP contribution in [-0.2, 0) is 9.53 Å². The van der Waals surface area contributed by atoms with E-state index in [1.54, 1.807) is 12.1 Å². The lowest BCUT2D eigenvalue weighted by Gasteiger charge is -2.15. The molecule has 1 aromatic heterocycles. The van der Waals surface area contributed by atoms with Crippen molar-refractivity contribution in [2.45, 2.75) is 6.42 Å². The minimum Gasteiger partial charge on any atom is -0.469 e. The predicted octanol–water partition coefficient (Wildman–Crippen LogP) is 0.348. The Morgan fingerprint density at radius 2 is 2.41 bits per heavy atom. The zero-order valence-electron chi connectivity index (χ0n) is 9.46. The molecule has 88 valence electrons. The van der Waals surface area contributed by atoms with Crippen molar-refractivity contribution in [2.75, 3.05) is 25.1 Å². The summed E-state index contributed by atoms with van der Waals surface area (Å²) >= 11 is 0. The lowest BCUT2D eigenvalue weighted by Crippen LogP contribution is -2.24. The van der Waals surface area contributed by atoms with Crippen LogP contribution >= 0.6 is 0 Å². The third-order valence-corrected chi connectivity index (χ3v) is 2.81. The number of ether oxygens (including phenoxy) is 1. The molecule has 0 spiro atoms. The quantitative estimate of drug-likeness (QED) is 0.684. The van der Waals surface area contributed by atoms with Gasteiger partial charge < -0.3 is 9.64 Å². The highest BCUT2D eigenvalue weighted by Gasteiger charge is 2.29. The number of esters is 1. The van der Waals surface area contributed by atoms with Crippen molar-refractivity contribution in [1.82, 2.24) is 10.2 Å².